The van der Waals surface area contributed by atoms with Gasteiger partial charge in [0.2, 0.25) is 0 Å². The van der Waals surface area contributed by atoms with Crippen molar-refractivity contribution in [3.8, 4) is 0 Å². The van der Waals surface area contributed by atoms with Gasteiger partial charge in [0.25, 0.3) is 5.91 Å². The molecule has 118 valence electrons. The summed E-state index contributed by atoms with van der Waals surface area (Å²) >= 11 is 1.40. The molecule has 4 heterocycles. The summed E-state index contributed by atoms with van der Waals surface area (Å²) in [6, 6.07) is 4.04. The van der Waals surface area contributed by atoms with Gasteiger partial charge in [0.15, 0.2) is 5.65 Å². The van der Waals surface area contributed by atoms with Gasteiger partial charge in [0.1, 0.15) is 4.88 Å². The highest BCUT2D eigenvalue weighted by atomic mass is 32.1. The molecule has 23 heavy (non-hydrogen) atoms. The Morgan fingerprint density at radius 1 is 1.35 bits per heavy atom. The minimum Gasteiger partial charge on any atom is -0.338 e. The van der Waals surface area contributed by atoms with Gasteiger partial charge in [0.05, 0.1) is 17.4 Å². The molecule has 0 spiro atoms. The van der Waals surface area contributed by atoms with Crippen molar-refractivity contribution in [2.24, 2.45) is 0 Å². The fourth-order valence-corrected chi connectivity index (χ4v) is 3.68. The van der Waals surface area contributed by atoms with Gasteiger partial charge in [-0.1, -0.05) is 0 Å². The highest BCUT2D eigenvalue weighted by molar-refractivity contribution is 7.11. The molecular weight excluding hydrogens is 310 g/mol. The average Bonchev–Trinajstić information content (AvgIpc) is 3.22. The van der Waals surface area contributed by atoms with Crippen LogP contribution in [0, 0.1) is 6.92 Å². The molecule has 1 aliphatic rings. The molecule has 0 bridgehead atoms. The number of hydrogen-bond donors (Lipinski definition) is 0. The number of hydrogen-bond acceptors (Lipinski definition) is 5. The van der Waals surface area contributed by atoms with Crippen molar-refractivity contribution < 1.29 is 4.79 Å². The first-order valence-corrected chi connectivity index (χ1v) is 8.59. The highest BCUT2D eigenvalue weighted by Gasteiger charge is 2.26. The summed E-state index contributed by atoms with van der Waals surface area (Å²) in [5.74, 6) is 0.501. The predicted octanol–water partition coefficient (Wildman–Crippen LogP) is 2.51. The second-order valence-electron chi connectivity index (χ2n) is 5.87. The van der Waals surface area contributed by atoms with Crippen LogP contribution in [0.1, 0.15) is 39.8 Å². The fraction of sp³-hybridized carbons (Fsp3) is 0.375. The van der Waals surface area contributed by atoms with Crippen LogP contribution in [-0.4, -0.2) is 43.5 Å². The van der Waals surface area contributed by atoms with Crippen LogP contribution in [0.4, 0.5) is 0 Å². The van der Waals surface area contributed by atoms with E-state index in [0.29, 0.717) is 5.92 Å². The molecule has 4 rings (SSSR count). The van der Waals surface area contributed by atoms with Gasteiger partial charge in [-0.3, -0.25) is 9.78 Å². The molecule has 0 N–H and O–H groups in total. The SMILES string of the molecule is Cc1cc2nc(C3CCN(C(=O)c4cncs4)CC3)ccn2n1. The van der Waals surface area contributed by atoms with Crippen LogP contribution in [0.15, 0.2) is 30.0 Å². The zero-order valence-corrected chi connectivity index (χ0v) is 13.7. The maximum atomic E-state index is 12.4. The third kappa shape index (κ3) is 2.72. The zero-order chi connectivity index (χ0) is 15.8. The van der Waals surface area contributed by atoms with Crippen molar-refractivity contribution in [2.75, 3.05) is 13.1 Å². The monoisotopic (exact) mass is 327 g/mol. The Hall–Kier alpha value is -2.28. The lowest BCUT2D eigenvalue weighted by Gasteiger charge is -2.31. The summed E-state index contributed by atoms with van der Waals surface area (Å²) in [5, 5.41) is 4.36. The molecule has 0 saturated carbocycles. The fourth-order valence-electron chi connectivity index (χ4n) is 3.10. The standard InChI is InChI=1S/C16H17N5OS/c1-11-8-15-18-13(4-7-21(15)19-11)12-2-5-20(6-3-12)16(22)14-9-17-10-23-14/h4,7-10,12H,2-3,5-6H2,1H3. The Balaban J connectivity index is 1.47. The van der Waals surface area contributed by atoms with Crippen LogP contribution in [0.2, 0.25) is 0 Å². The normalized spacial score (nSPS) is 16.1. The van der Waals surface area contributed by atoms with E-state index in [1.165, 1.54) is 11.3 Å². The lowest BCUT2D eigenvalue weighted by atomic mass is 9.93. The van der Waals surface area contributed by atoms with E-state index in [0.717, 1.165) is 47.8 Å². The summed E-state index contributed by atoms with van der Waals surface area (Å²) in [4.78, 5) is 23.7. The average molecular weight is 327 g/mol. The third-order valence-electron chi connectivity index (χ3n) is 4.31. The van der Waals surface area contributed by atoms with Crippen LogP contribution >= 0.6 is 11.3 Å². The van der Waals surface area contributed by atoms with Crippen LogP contribution < -0.4 is 0 Å². The van der Waals surface area contributed by atoms with Crippen molar-refractivity contribution in [3.05, 3.63) is 46.3 Å². The number of thiazole rings is 1. The predicted molar refractivity (Wildman–Crippen MR) is 87.7 cm³/mol. The Bertz CT molecular complexity index is 833. The molecule has 7 heteroatoms. The first kappa shape index (κ1) is 14.3. The smallest absolute Gasteiger partial charge is 0.265 e. The number of amides is 1. The van der Waals surface area contributed by atoms with Crippen molar-refractivity contribution in [1.82, 2.24) is 24.5 Å². The van der Waals surface area contributed by atoms with E-state index in [2.05, 4.69) is 10.1 Å². The van der Waals surface area contributed by atoms with Crippen molar-refractivity contribution in [2.45, 2.75) is 25.7 Å². The van der Waals surface area contributed by atoms with E-state index in [9.17, 15) is 4.79 Å². The third-order valence-corrected chi connectivity index (χ3v) is 5.07. The zero-order valence-electron chi connectivity index (χ0n) is 12.8. The number of carbonyl (C=O) groups excluding carboxylic acids is 1. The molecule has 0 unspecified atom stereocenters. The number of fused-ring (bicyclic) bond motifs is 1. The van der Waals surface area contributed by atoms with Gasteiger partial charge >= 0.3 is 0 Å². The molecule has 3 aromatic heterocycles. The lowest BCUT2D eigenvalue weighted by Crippen LogP contribution is -2.37. The molecule has 0 atom stereocenters. The molecular formula is C16H17N5OS. The number of carbonyl (C=O) groups is 1. The summed E-state index contributed by atoms with van der Waals surface area (Å²) in [5.41, 5.74) is 4.66. The molecule has 0 aliphatic carbocycles. The second-order valence-corrected chi connectivity index (χ2v) is 6.76. The van der Waals surface area contributed by atoms with Gasteiger partial charge in [-0.25, -0.2) is 9.50 Å². The Morgan fingerprint density at radius 2 is 2.17 bits per heavy atom. The molecule has 1 aliphatic heterocycles. The summed E-state index contributed by atoms with van der Waals surface area (Å²) < 4.78 is 1.81. The van der Waals surface area contributed by atoms with Gasteiger partial charge in [-0.15, -0.1) is 11.3 Å². The summed E-state index contributed by atoms with van der Waals surface area (Å²) in [7, 11) is 0. The van der Waals surface area contributed by atoms with Gasteiger partial charge in [-0.05, 0) is 25.8 Å². The van der Waals surface area contributed by atoms with Crippen LogP contribution in [0.3, 0.4) is 0 Å². The number of rotatable bonds is 2. The molecule has 3 aromatic rings. The molecule has 6 nitrogen and oxygen atoms in total. The first-order chi connectivity index (χ1) is 11.2. The molecule has 1 saturated heterocycles. The number of nitrogens with zero attached hydrogens (tertiary/aromatic N) is 5. The summed E-state index contributed by atoms with van der Waals surface area (Å²) in [6.45, 7) is 3.51. The number of likely N-dealkylation sites (tertiary alicyclic amines) is 1. The lowest BCUT2D eigenvalue weighted by molar-refractivity contribution is 0.0717. The molecule has 1 fully saturated rings. The number of piperidine rings is 1. The number of aromatic nitrogens is 4. The van der Waals surface area contributed by atoms with Gasteiger partial charge < -0.3 is 4.90 Å². The largest absolute Gasteiger partial charge is 0.338 e. The van der Waals surface area contributed by atoms with E-state index in [1.807, 2.05) is 30.2 Å². The van der Waals surface area contributed by atoms with E-state index >= 15 is 0 Å². The van der Waals surface area contributed by atoms with Crippen LogP contribution in [-0.2, 0) is 0 Å². The van der Waals surface area contributed by atoms with Crippen molar-refractivity contribution in [1.29, 1.82) is 0 Å². The molecule has 0 aromatic carbocycles. The van der Waals surface area contributed by atoms with Gasteiger partial charge in [-0.2, -0.15) is 5.10 Å². The van der Waals surface area contributed by atoms with Gasteiger partial charge in [0, 0.05) is 37.0 Å². The Kier molecular flexibility index (Phi) is 3.57. The first-order valence-electron chi connectivity index (χ1n) is 7.71. The van der Waals surface area contributed by atoms with E-state index in [-0.39, 0.29) is 5.91 Å². The van der Waals surface area contributed by atoms with E-state index < -0.39 is 0 Å². The van der Waals surface area contributed by atoms with Crippen molar-refractivity contribution in [3.63, 3.8) is 0 Å². The van der Waals surface area contributed by atoms with E-state index in [4.69, 9.17) is 4.98 Å². The minimum absolute atomic E-state index is 0.0979. The number of aryl methyl sites for hydroxylation is 1. The Labute approximate surface area is 137 Å². The quantitative estimate of drug-likeness (QED) is 0.725. The Morgan fingerprint density at radius 3 is 2.91 bits per heavy atom. The van der Waals surface area contributed by atoms with Crippen molar-refractivity contribution >= 4 is 22.9 Å². The minimum atomic E-state index is 0.0979. The van der Waals surface area contributed by atoms with Crippen LogP contribution in [0.25, 0.3) is 5.65 Å². The molecule has 1 amide bonds. The van der Waals surface area contributed by atoms with E-state index in [1.54, 1.807) is 16.2 Å². The molecule has 0 radical (unpaired) electrons. The maximum absolute atomic E-state index is 12.4. The van der Waals surface area contributed by atoms with Crippen LogP contribution in [0.5, 0.6) is 0 Å². The maximum Gasteiger partial charge on any atom is 0.265 e. The topological polar surface area (TPSA) is 63.4 Å². The summed E-state index contributed by atoms with van der Waals surface area (Å²) in [6.07, 6.45) is 5.51. The highest BCUT2D eigenvalue weighted by Crippen LogP contribution is 2.28. The second kappa shape index (κ2) is 5.73.